The molecular formula is C10H20N2O2. The molecule has 4 nitrogen and oxygen atoms in total. The van der Waals surface area contributed by atoms with E-state index in [1.54, 1.807) is 14.2 Å². The van der Waals surface area contributed by atoms with Gasteiger partial charge in [-0.1, -0.05) is 13.8 Å². The van der Waals surface area contributed by atoms with Crippen LogP contribution in [0.2, 0.25) is 0 Å². The molecule has 14 heavy (non-hydrogen) atoms. The van der Waals surface area contributed by atoms with Gasteiger partial charge in [0, 0.05) is 7.11 Å². The summed E-state index contributed by atoms with van der Waals surface area (Å²) in [5, 5.41) is 3.40. The lowest BCUT2D eigenvalue weighted by Gasteiger charge is -2.38. The van der Waals surface area contributed by atoms with Crippen LogP contribution in [0.25, 0.3) is 0 Å². The zero-order valence-electron chi connectivity index (χ0n) is 9.63. The molecule has 1 aliphatic rings. The van der Waals surface area contributed by atoms with Gasteiger partial charge in [-0.25, -0.2) is 4.99 Å². The maximum absolute atomic E-state index is 5.38. The van der Waals surface area contributed by atoms with Gasteiger partial charge >= 0.3 is 0 Å². The van der Waals surface area contributed by atoms with E-state index >= 15 is 0 Å². The van der Waals surface area contributed by atoms with Crippen molar-refractivity contribution in [2.24, 2.45) is 10.9 Å². The molecule has 0 spiro atoms. The second kappa shape index (κ2) is 4.28. The van der Waals surface area contributed by atoms with E-state index in [0.717, 1.165) is 5.90 Å². The second-order valence-electron chi connectivity index (χ2n) is 4.16. The molecule has 0 radical (unpaired) electrons. The van der Waals surface area contributed by atoms with Crippen molar-refractivity contribution >= 4 is 5.90 Å². The van der Waals surface area contributed by atoms with Crippen molar-refractivity contribution in [1.82, 2.24) is 5.32 Å². The topological polar surface area (TPSA) is 42.9 Å². The van der Waals surface area contributed by atoms with E-state index in [0.29, 0.717) is 12.5 Å². The summed E-state index contributed by atoms with van der Waals surface area (Å²) in [6, 6.07) is 0.138. The predicted molar refractivity (Wildman–Crippen MR) is 56.5 cm³/mol. The molecule has 4 heteroatoms. The fourth-order valence-electron chi connectivity index (χ4n) is 1.53. The monoisotopic (exact) mass is 200 g/mol. The molecule has 0 fully saturated rings. The van der Waals surface area contributed by atoms with E-state index in [4.69, 9.17) is 9.47 Å². The van der Waals surface area contributed by atoms with Crippen molar-refractivity contribution in [3.63, 3.8) is 0 Å². The Kier molecular flexibility index (Phi) is 3.50. The highest BCUT2D eigenvalue weighted by Gasteiger charge is 2.35. The second-order valence-corrected chi connectivity index (χ2v) is 4.16. The average Bonchev–Trinajstić information content (AvgIpc) is 2.18. The minimum atomic E-state index is -0.364. The van der Waals surface area contributed by atoms with Crippen molar-refractivity contribution in [3.05, 3.63) is 0 Å². The molecule has 1 heterocycles. The molecule has 0 amide bonds. The number of hydrogen-bond donors (Lipinski definition) is 1. The Bertz CT molecular complexity index is 228. The van der Waals surface area contributed by atoms with Crippen LogP contribution in [0.15, 0.2) is 4.99 Å². The van der Waals surface area contributed by atoms with Crippen molar-refractivity contribution in [2.45, 2.75) is 32.5 Å². The Morgan fingerprint density at radius 3 is 2.57 bits per heavy atom. The smallest absolute Gasteiger partial charge is 0.201 e. The first-order valence-corrected chi connectivity index (χ1v) is 4.93. The highest BCUT2D eigenvalue weighted by molar-refractivity contribution is 5.82. The number of nitrogens with zero attached hydrogens (tertiary/aromatic N) is 1. The fourth-order valence-corrected chi connectivity index (χ4v) is 1.53. The first kappa shape index (κ1) is 11.5. The number of methoxy groups -OCH3 is 2. The molecule has 0 saturated carbocycles. The maximum Gasteiger partial charge on any atom is 0.201 e. The van der Waals surface area contributed by atoms with E-state index in [1.807, 2.05) is 6.92 Å². The first-order chi connectivity index (χ1) is 6.52. The predicted octanol–water partition coefficient (Wildman–Crippen LogP) is 1.02. The fraction of sp³-hybridized carbons (Fsp3) is 0.900. The largest absolute Gasteiger partial charge is 0.483 e. The van der Waals surface area contributed by atoms with Crippen LogP contribution >= 0.6 is 0 Å². The van der Waals surface area contributed by atoms with Crippen LogP contribution in [0.1, 0.15) is 20.8 Å². The standard InChI is InChI=1S/C10H20N2O2/c1-7(2)8-9(13-4)11-6-10(3,12-8)14-5/h7-8,12H,6H2,1-5H3/t8-,10?/m1/s1. The van der Waals surface area contributed by atoms with Crippen molar-refractivity contribution in [1.29, 1.82) is 0 Å². The number of nitrogens with one attached hydrogen (secondary N) is 1. The lowest BCUT2D eigenvalue weighted by Crippen LogP contribution is -2.59. The van der Waals surface area contributed by atoms with Crippen LogP contribution in [0.5, 0.6) is 0 Å². The SMILES string of the molecule is COC1=NCC(C)(OC)N[C@@H]1C(C)C. The Balaban J connectivity index is 2.81. The lowest BCUT2D eigenvalue weighted by atomic mass is 10.0. The van der Waals surface area contributed by atoms with Crippen LogP contribution < -0.4 is 5.32 Å². The molecule has 1 unspecified atom stereocenters. The zero-order chi connectivity index (χ0) is 10.8. The number of ether oxygens (including phenoxy) is 2. The van der Waals surface area contributed by atoms with Crippen LogP contribution in [-0.2, 0) is 9.47 Å². The molecular weight excluding hydrogens is 180 g/mol. The summed E-state index contributed by atoms with van der Waals surface area (Å²) < 4.78 is 10.6. The number of rotatable bonds is 2. The molecule has 0 aromatic heterocycles. The molecule has 2 atom stereocenters. The van der Waals surface area contributed by atoms with E-state index in [-0.39, 0.29) is 11.8 Å². The Morgan fingerprint density at radius 2 is 2.14 bits per heavy atom. The first-order valence-electron chi connectivity index (χ1n) is 4.93. The van der Waals surface area contributed by atoms with Gasteiger partial charge in [-0.05, 0) is 12.8 Å². The molecule has 0 aliphatic carbocycles. The van der Waals surface area contributed by atoms with E-state index < -0.39 is 0 Å². The minimum absolute atomic E-state index is 0.138. The highest BCUT2D eigenvalue weighted by Crippen LogP contribution is 2.17. The number of aliphatic imine (C=N–C) groups is 1. The molecule has 0 saturated heterocycles. The Hall–Kier alpha value is -0.610. The zero-order valence-corrected chi connectivity index (χ0v) is 9.63. The van der Waals surface area contributed by atoms with E-state index in [2.05, 4.69) is 24.2 Å². The molecule has 1 rings (SSSR count). The van der Waals surface area contributed by atoms with Crippen LogP contribution in [0, 0.1) is 5.92 Å². The molecule has 0 aromatic rings. The van der Waals surface area contributed by atoms with Crippen molar-refractivity contribution in [2.75, 3.05) is 20.8 Å². The average molecular weight is 200 g/mol. The van der Waals surface area contributed by atoms with E-state index in [9.17, 15) is 0 Å². The molecule has 0 bridgehead atoms. The van der Waals surface area contributed by atoms with Gasteiger partial charge in [0.15, 0.2) is 0 Å². The quantitative estimate of drug-likeness (QED) is 0.723. The Labute approximate surface area is 85.7 Å². The van der Waals surface area contributed by atoms with Gasteiger partial charge in [-0.3, -0.25) is 5.32 Å². The summed E-state index contributed by atoms with van der Waals surface area (Å²) in [6.07, 6.45) is 0. The minimum Gasteiger partial charge on any atom is -0.483 e. The third-order valence-electron chi connectivity index (χ3n) is 2.59. The summed E-state index contributed by atoms with van der Waals surface area (Å²) in [4.78, 5) is 4.38. The normalized spacial score (nSPS) is 33.0. The van der Waals surface area contributed by atoms with Crippen LogP contribution in [0.3, 0.4) is 0 Å². The van der Waals surface area contributed by atoms with Gasteiger partial charge in [0.2, 0.25) is 5.90 Å². The highest BCUT2D eigenvalue weighted by atomic mass is 16.5. The van der Waals surface area contributed by atoms with Gasteiger partial charge in [0.1, 0.15) is 5.72 Å². The Morgan fingerprint density at radius 1 is 1.50 bits per heavy atom. The number of hydrogen-bond acceptors (Lipinski definition) is 4. The lowest BCUT2D eigenvalue weighted by molar-refractivity contribution is -0.0299. The summed E-state index contributed by atoms with van der Waals surface area (Å²) in [5.74, 6) is 1.21. The van der Waals surface area contributed by atoms with Crippen molar-refractivity contribution in [3.8, 4) is 0 Å². The molecule has 1 aliphatic heterocycles. The van der Waals surface area contributed by atoms with Crippen molar-refractivity contribution < 1.29 is 9.47 Å². The van der Waals surface area contributed by atoms with Crippen LogP contribution in [-0.4, -0.2) is 38.4 Å². The summed E-state index contributed by atoms with van der Waals surface area (Å²) in [7, 11) is 3.35. The summed E-state index contributed by atoms with van der Waals surface area (Å²) in [6.45, 7) is 6.86. The third kappa shape index (κ3) is 2.25. The van der Waals surface area contributed by atoms with Gasteiger partial charge < -0.3 is 9.47 Å². The van der Waals surface area contributed by atoms with Gasteiger partial charge in [0.05, 0.1) is 19.7 Å². The summed E-state index contributed by atoms with van der Waals surface area (Å²) >= 11 is 0. The molecule has 1 N–H and O–H groups in total. The maximum atomic E-state index is 5.38. The third-order valence-corrected chi connectivity index (χ3v) is 2.59. The molecule has 82 valence electrons. The van der Waals surface area contributed by atoms with E-state index in [1.165, 1.54) is 0 Å². The van der Waals surface area contributed by atoms with Crippen LogP contribution in [0.4, 0.5) is 0 Å². The molecule has 0 aromatic carbocycles. The van der Waals surface area contributed by atoms with Gasteiger partial charge in [0.25, 0.3) is 0 Å². The van der Waals surface area contributed by atoms with Gasteiger partial charge in [-0.15, -0.1) is 0 Å². The summed E-state index contributed by atoms with van der Waals surface area (Å²) in [5.41, 5.74) is -0.364. The van der Waals surface area contributed by atoms with Gasteiger partial charge in [-0.2, -0.15) is 0 Å².